The minimum Gasteiger partial charge on any atom is -0.493 e. The molecule has 5 heteroatoms. The zero-order valence-corrected chi connectivity index (χ0v) is 14.9. The number of methoxy groups -OCH3 is 1. The molecular formula is C21H21NO4. The maximum absolute atomic E-state index is 12.5. The largest absolute Gasteiger partial charge is 0.493 e. The Morgan fingerprint density at radius 2 is 2.00 bits per heavy atom. The van der Waals surface area contributed by atoms with Crippen molar-refractivity contribution < 1.29 is 19.1 Å². The van der Waals surface area contributed by atoms with Crippen LogP contribution in [-0.4, -0.2) is 32.0 Å². The number of fused-ring (bicyclic) bond motifs is 1. The second-order valence-corrected chi connectivity index (χ2v) is 5.99. The first-order valence-corrected chi connectivity index (χ1v) is 8.53. The van der Waals surface area contributed by atoms with Crippen molar-refractivity contribution in [1.82, 2.24) is 5.32 Å². The summed E-state index contributed by atoms with van der Waals surface area (Å²) in [4.78, 5) is 24.0. The third kappa shape index (κ3) is 3.77. The molecule has 0 aliphatic heterocycles. The Morgan fingerprint density at radius 3 is 2.73 bits per heavy atom. The van der Waals surface area contributed by atoms with Gasteiger partial charge in [-0.3, -0.25) is 9.59 Å². The molecule has 5 nitrogen and oxygen atoms in total. The Bertz CT molecular complexity index is 870. The number of amides is 1. The van der Waals surface area contributed by atoms with Gasteiger partial charge in [0, 0.05) is 24.1 Å². The van der Waals surface area contributed by atoms with Crippen LogP contribution in [-0.2, 0) is 11.2 Å². The molecule has 1 aliphatic rings. The molecule has 0 heterocycles. The molecule has 0 spiro atoms. The monoisotopic (exact) mass is 351 g/mol. The first-order valence-electron chi connectivity index (χ1n) is 8.53. The Hall–Kier alpha value is -3.08. The van der Waals surface area contributed by atoms with Crippen LogP contribution >= 0.6 is 0 Å². The number of likely N-dealkylation sites (N-methyl/N-ethyl adjacent to an activating group) is 1. The molecule has 2 aromatic carbocycles. The third-order valence-electron chi connectivity index (χ3n) is 4.20. The zero-order valence-electron chi connectivity index (χ0n) is 14.9. The predicted molar refractivity (Wildman–Crippen MR) is 99.6 cm³/mol. The minimum absolute atomic E-state index is 0.0659. The molecule has 0 aromatic heterocycles. The molecule has 26 heavy (non-hydrogen) atoms. The predicted octanol–water partition coefficient (Wildman–Crippen LogP) is 3.03. The Kier molecular flexibility index (Phi) is 5.37. The SMILES string of the molecule is CCNC(=O)COc1ccc(/C=C2/Cc3ccccc3C2=O)cc1OC. The van der Waals surface area contributed by atoms with Gasteiger partial charge < -0.3 is 14.8 Å². The van der Waals surface area contributed by atoms with Gasteiger partial charge in [0.15, 0.2) is 23.9 Å². The van der Waals surface area contributed by atoms with Crippen molar-refractivity contribution in [3.63, 3.8) is 0 Å². The van der Waals surface area contributed by atoms with Gasteiger partial charge in [0.25, 0.3) is 5.91 Å². The van der Waals surface area contributed by atoms with Crippen LogP contribution < -0.4 is 14.8 Å². The van der Waals surface area contributed by atoms with Crippen molar-refractivity contribution in [2.24, 2.45) is 0 Å². The standard InChI is InChI=1S/C21H21NO4/c1-3-22-20(23)13-26-18-9-8-14(11-19(18)25-2)10-16-12-15-6-4-5-7-17(15)21(16)24/h4-11H,3,12-13H2,1-2H3,(H,22,23)/b16-10-. The lowest BCUT2D eigenvalue weighted by Gasteiger charge is -2.11. The van der Waals surface area contributed by atoms with Crippen molar-refractivity contribution in [2.75, 3.05) is 20.3 Å². The highest BCUT2D eigenvalue weighted by Crippen LogP contribution is 2.31. The maximum atomic E-state index is 12.5. The molecule has 0 atom stereocenters. The molecule has 0 bridgehead atoms. The molecular weight excluding hydrogens is 330 g/mol. The Balaban J connectivity index is 1.78. The molecule has 1 N–H and O–H groups in total. The average molecular weight is 351 g/mol. The van der Waals surface area contributed by atoms with Crippen molar-refractivity contribution in [3.8, 4) is 11.5 Å². The number of carbonyl (C=O) groups is 2. The van der Waals surface area contributed by atoms with E-state index in [0.29, 0.717) is 24.5 Å². The Labute approximate surface area is 152 Å². The lowest BCUT2D eigenvalue weighted by Crippen LogP contribution is -2.28. The summed E-state index contributed by atoms with van der Waals surface area (Å²) in [5, 5.41) is 2.67. The van der Waals surface area contributed by atoms with Gasteiger partial charge in [0.1, 0.15) is 0 Å². The van der Waals surface area contributed by atoms with Crippen LogP contribution in [0.2, 0.25) is 0 Å². The lowest BCUT2D eigenvalue weighted by molar-refractivity contribution is -0.123. The highest BCUT2D eigenvalue weighted by Gasteiger charge is 2.24. The Morgan fingerprint density at radius 1 is 1.19 bits per heavy atom. The fourth-order valence-electron chi connectivity index (χ4n) is 2.96. The van der Waals surface area contributed by atoms with E-state index in [2.05, 4.69) is 5.32 Å². The van der Waals surface area contributed by atoms with Gasteiger partial charge in [0.2, 0.25) is 0 Å². The van der Waals surface area contributed by atoms with E-state index in [1.54, 1.807) is 19.2 Å². The number of Topliss-reactive ketones (excluding diaryl/α,β-unsaturated/α-hetero) is 1. The first-order chi connectivity index (χ1) is 12.6. The van der Waals surface area contributed by atoms with Crippen LogP contribution in [0.5, 0.6) is 11.5 Å². The zero-order chi connectivity index (χ0) is 18.5. The molecule has 0 unspecified atom stereocenters. The molecule has 0 saturated carbocycles. The number of hydrogen-bond donors (Lipinski definition) is 1. The van der Waals surface area contributed by atoms with E-state index < -0.39 is 0 Å². The van der Waals surface area contributed by atoms with Crippen LogP contribution in [0.25, 0.3) is 6.08 Å². The molecule has 2 aromatic rings. The fraction of sp³-hybridized carbons (Fsp3) is 0.238. The highest BCUT2D eigenvalue weighted by molar-refractivity contribution is 6.15. The van der Waals surface area contributed by atoms with Gasteiger partial charge in [-0.05, 0) is 36.3 Å². The number of ether oxygens (including phenoxy) is 2. The van der Waals surface area contributed by atoms with Crippen LogP contribution in [0.4, 0.5) is 0 Å². The van der Waals surface area contributed by atoms with E-state index in [0.717, 1.165) is 22.3 Å². The number of hydrogen-bond acceptors (Lipinski definition) is 4. The van der Waals surface area contributed by atoms with E-state index in [1.807, 2.05) is 43.3 Å². The molecule has 0 fully saturated rings. The minimum atomic E-state index is -0.185. The van der Waals surface area contributed by atoms with Crippen LogP contribution in [0.3, 0.4) is 0 Å². The summed E-state index contributed by atoms with van der Waals surface area (Å²) in [6.45, 7) is 2.34. The second-order valence-electron chi connectivity index (χ2n) is 5.99. The van der Waals surface area contributed by atoms with Gasteiger partial charge in [-0.15, -0.1) is 0 Å². The molecule has 134 valence electrons. The van der Waals surface area contributed by atoms with Crippen LogP contribution in [0, 0.1) is 0 Å². The van der Waals surface area contributed by atoms with Crippen molar-refractivity contribution >= 4 is 17.8 Å². The molecule has 1 aliphatic carbocycles. The van der Waals surface area contributed by atoms with E-state index in [4.69, 9.17) is 9.47 Å². The summed E-state index contributed by atoms with van der Waals surface area (Å²) < 4.78 is 10.9. The van der Waals surface area contributed by atoms with Crippen LogP contribution in [0.1, 0.15) is 28.4 Å². The summed E-state index contributed by atoms with van der Waals surface area (Å²) in [7, 11) is 1.54. The van der Waals surface area contributed by atoms with Gasteiger partial charge >= 0.3 is 0 Å². The van der Waals surface area contributed by atoms with E-state index >= 15 is 0 Å². The molecule has 0 saturated heterocycles. The number of benzene rings is 2. The molecule has 1 amide bonds. The molecule has 0 radical (unpaired) electrons. The van der Waals surface area contributed by atoms with Crippen molar-refractivity contribution in [1.29, 1.82) is 0 Å². The highest BCUT2D eigenvalue weighted by atomic mass is 16.5. The van der Waals surface area contributed by atoms with E-state index in [-0.39, 0.29) is 18.3 Å². The number of carbonyl (C=O) groups excluding carboxylic acids is 2. The van der Waals surface area contributed by atoms with E-state index in [9.17, 15) is 9.59 Å². The second kappa shape index (κ2) is 7.87. The number of rotatable bonds is 6. The fourth-order valence-corrected chi connectivity index (χ4v) is 2.96. The summed E-state index contributed by atoms with van der Waals surface area (Å²) in [5.41, 5.74) is 3.43. The number of ketones is 1. The first kappa shape index (κ1) is 17.7. The van der Waals surface area contributed by atoms with Crippen molar-refractivity contribution in [2.45, 2.75) is 13.3 Å². The van der Waals surface area contributed by atoms with Gasteiger partial charge in [-0.25, -0.2) is 0 Å². The van der Waals surface area contributed by atoms with E-state index in [1.165, 1.54) is 0 Å². The van der Waals surface area contributed by atoms with Gasteiger partial charge in [-0.2, -0.15) is 0 Å². The third-order valence-corrected chi connectivity index (χ3v) is 4.20. The maximum Gasteiger partial charge on any atom is 0.257 e. The quantitative estimate of drug-likeness (QED) is 0.813. The lowest BCUT2D eigenvalue weighted by atomic mass is 10.1. The normalized spacial score (nSPS) is 14.2. The van der Waals surface area contributed by atoms with Crippen molar-refractivity contribution in [3.05, 3.63) is 64.7 Å². The summed E-state index contributed by atoms with van der Waals surface area (Å²) in [5.74, 6) is 0.889. The number of allylic oxidation sites excluding steroid dienone is 1. The van der Waals surface area contributed by atoms with Crippen LogP contribution in [0.15, 0.2) is 48.0 Å². The number of nitrogens with one attached hydrogen (secondary N) is 1. The van der Waals surface area contributed by atoms with Gasteiger partial charge in [-0.1, -0.05) is 30.3 Å². The smallest absolute Gasteiger partial charge is 0.257 e. The van der Waals surface area contributed by atoms with Gasteiger partial charge in [0.05, 0.1) is 7.11 Å². The average Bonchev–Trinajstić information content (AvgIpc) is 2.96. The summed E-state index contributed by atoms with van der Waals surface area (Å²) in [6.07, 6.45) is 2.51. The summed E-state index contributed by atoms with van der Waals surface area (Å²) in [6, 6.07) is 13.1. The topological polar surface area (TPSA) is 64.6 Å². The summed E-state index contributed by atoms with van der Waals surface area (Å²) >= 11 is 0. The molecule has 3 rings (SSSR count).